The lowest BCUT2D eigenvalue weighted by molar-refractivity contribution is -0.139. The number of ketones is 1. The van der Waals surface area contributed by atoms with E-state index in [1.165, 1.54) is 70.6 Å². The van der Waals surface area contributed by atoms with Crippen LogP contribution in [0.3, 0.4) is 0 Å². The predicted molar refractivity (Wildman–Crippen MR) is 174 cm³/mol. The van der Waals surface area contributed by atoms with Crippen LogP contribution in [0, 0.1) is 0 Å². The molecule has 5 nitrogen and oxygen atoms in total. The smallest absolute Gasteiger partial charge is 0.295 e. The second-order valence-electron chi connectivity index (χ2n) is 11.6. The molecule has 2 aromatic rings. The lowest BCUT2D eigenvalue weighted by Gasteiger charge is -2.26. The number of halogens is 1. The highest BCUT2D eigenvalue weighted by atomic mass is 79.9. The average Bonchev–Trinajstić information content (AvgIpc) is 3.22. The molecule has 3 rings (SSSR count). The Bertz CT molecular complexity index is 1130. The number of carbonyl (C=O) groups is 2. The van der Waals surface area contributed by atoms with Crippen LogP contribution in [-0.4, -0.2) is 42.3 Å². The normalized spacial score (nSPS) is 16.5. The minimum atomic E-state index is -0.613. The Labute approximate surface area is 256 Å². The van der Waals surface area contributed by atoms with Crippen molar-refractivity contribution in [3.63, 3.8) is 0 Å². The summed E-state index contributed by atoms with van der Waals surface area (Å²) >= 11 is 3.42. The highest BCUT2D eigenvalue weighted by molar-refractivity contribution is 9.10. The van der Waals surface area contributed by atoms with Gasteiger partial charge in [-0.15, -0.1) is 0 Å². The van der Waals surface area contributed by atoms with Gasteiger partial charge in [-0.2, -0.15) is 0 Å². The van der Waals surface area contributed by atoms with Gasteiger partial charge in [-0.25, -0.2) is 0 Å². The van der Waals surface area contributed by atoms with Crippen LogP contribution in [0.5, 0.6) is 0 Å². The summed E-state index contributed by atoms with van der Waals surface area (Å²) in [6, 6.07) is 14.4. The molecule has 224 valence electrons. The number of benzene rings is 2. The van der Waals surface area contributed by atoms with Gasteiger partial charge < -0.3 is 14.9 Å². The van der Waals surface area contributed by atoms with Crippen LogP contribution < -0.4 is 4.90 Å². The lowest BCUT2D eigenvalue weighted by Crippen LogP contribution is -2.30. The van der Waals surface area contributed by atoms with Crippen LogP contribution >= 0.6 is 15.9 Å². The van der Waals surface area contributed by atoms with E-state index < -0.39 is 17.7 Å². The molecule has 0 aliphatic carbocycles. The monoisotopic (exact) mass is 624 g/mol. The Hall–Kier alpha value is -2.60. The summed E-state index contributed by atoms with van der Waals surface area (Å²) in [4.78, 5) is 30.2. The molecule has 1 N–H and O–H groups in total. The SMILES string of the molecule is CCCCCCCCCCCCCCCCN1C(=O)C(=O)/C(=C(/O)c2ccc(Br)cc2)C1c1ccc(N(C)C)cc1. The molecule has 1 saturated heterocycles. The number of amides is 1. The first kappa shape index (κ1) is 32.9. The van der Waals surface area contributed by atoms with E-state index in [-0.39, 0.29) is 11.3 Å². The van der Waals surface area contributed by atoms with E-state index in [0.29, 0.717) is 12.1 Å². The van der Waals surface area contributed by atoms with Crippen LogP contribution in [0.2, 0.25) is 0 Å². The number of hydrogen-bond acceptors (Lipinski definition) is 4. The Balaban J connectivity index is 1.57. The van der Waals surface area contributed by atoms with E-state index >= 15 is 0 Å². The van der Waals surface area contributed by atoms with Crippen molar-refractivity contribution in [1.82, 2.24) is 4.90 Å². The zero-order chi connectivity index (χ0) is 29.6. The molecule has 0 bridgehead atoms. The number of anilines is 1. The van der Waals surface area contributed by atoms with Gasteiger partial charge in [0.05, 0.1) is 11.6 Å². The highest BCUT2D eigenvalue weighted by Crippen LogP contribution is 2.40. The van der Waals surface area contributed by atoms with Gasteiger partial charge in [-0.3, -0.25) is 9.59 Å². The first-order chi connectivity index (χ1) is 19.8. The molecule has 1 aliphatic heterocycles. The number of nitrogens with zero attached hydrogens (tertiary/aromatic N) is 2. The molecule has 1 unspecified atom stereocenters. The molecule has 1 amide bonds. The van der Waals surface area contributed by atoms with E-state index in [1.807, 2.05) is 55.4 Å². The third-order valence-corrected chi connectivity index (χ3v) is 8.66. The topological polar surface area (TPSA) is 60.9 Å². The largest absolute Gasteiger partial charge is 0.507 e. The third kappa shape index (κ3) is 9.73. The predicted octanol–water partition coefficient (Wildman–Crippen LogP) is 9.42. The molecule has 0 saturated carbocycles. The lowest BCUT2D eigenvalue weighted by atomic mass is 9.95. The molecule has 1 heterocycles. The van der Waals surface area contributed by atoms with Crippen LogP contribution in [0.4, 0.5) is 5.69 Å². The average molecular weight is 626 g/mol. The van der Waals surface area contributed by atoms with Crippen molar-refractivity contribution >= 4 is 39.1 Å². The fraction of sp³-hybridized carbons (Fsp3) is 0.543. The van der Waals surface area contributed by atoms with Crippen molar-refractivity contribution in [2.45, 2.75) is 103 Å². The van der Waals surface area contributed by atoms with Gasteiger partial charge in [0.25, 0.3) is 11.7 Å². The highest BCUT2D eigenvalue weighted by Gasteiger charge is 2.45. The molecule has 0 aromatic heterocycles. The van der Waals surface area contributed by atoms with Gasteiger partial charge in [-0.1, -0.05) is 131 Å². The standard InChI is InChI=1S/C35H49BrN2O3/c1-4-5-6-7-8-9-10-11-12-13-14-15-16-17-26-38-32(27-20-24-30(25-21-27)37(2)3)31(34(40)35(38)41)33(39)28-18-22-29(36)23-19-28/h18-25,32,39H,4-17,26H2,1-3H3/b33-31+. The maximum absolute atomic E-state index is 13.3. The molecule has 1 aliphatic rings. The van der Waals surface area contributed by atoms with Gasteiger partial charge in [0.2, 0.25) is 0 Å². The summed E-state index contributed by atoms with van der Waals surface area (Å²) in [7, 11) is 3.95. The second kappa shape index (κ2) is 17.4. The number of aliphatic hydroxyl groups is 1. The molecule has 2 aromatic carbocycles. The Kier molecular flexibility index (Phi) is 13.9. The Morgan fingerprint density at radius 2 is 1.24 bits per heavy atom. The van der Waals surface area contributed by atoms with Crippen LogP contribution in [0.15, 0.2) is 58.6 Å². The van der Waals surface area contributed by atoms with Crippen molar-refractivity contribution in [2.24, 2.45) is 0 Å². The summed E-state index contributed by atoms with van der Waals surface area (Å²) in [5.74, 6) is -1.27. The summed E-state index contributed by atoms with van der Waals surface area (Å²) in [5, 5.41) is 11.2. The second-order valence-corrected chi connectivity index (χ2v) is 12.5. The van der Waals surface area contributed by atoms with Crippen molar-refractivity contribution < 1.29 is 14.7 Å². The van der Waals surface area contributed by atoms with Gasteiger partial charge >= 0.3 is 0 Å². The maximum atomic E-state index is 13.3. The Morgan fingerprint density at radius 3 is 1.73 bits per heavy atom. The molecule has 1 atom stereocenters. The van der Waals surface area contributed by atoms with Crippen LogP contribution in [-0.2, 0) is 9.59 Å². The van der Waals surface area contributed by atoms with Gasteiger partial charge in [-0.05, 0) is 36.2 Å². The molecule has 41 heavy (non-hydrogen) atoms. The Morgan fingerprint density at radius 1 is 0.756 bits per heavy atom. The van der Waals surface area contributed by atoms with E-state index in [0.717, 1.165) is 35.0 Å². The first-order valence-electron chi connectivity index (χ1n) is 15.7. The zero-order valence-electron chi connectivity index (χ0n) is 25.3. The number of carbonyl (C=O) groups excluding carboxylic acids is 2. The molecular weight excluding hydrogens is 576 g/mol. The summed E-state index contributed by atoms with van der Waals surface area (Å²) in [6.07, 6.45) is 17.7. The number of Topliss-reactive ketones (excluding diaryl/α,β-unsaturated/α-hetero) is 1. The van der Waals surface area contributed by atoms with E-state index in [1.54, 1.807) is 17.0 Å². The number of rotatable bonds is 18. The fourth-order valence-electron chi connectivity index (χ4n) is 5.65. The third-order valence-electron chi connectivity index (χ3n) is 8.14. The fourth-order valence-corrected chi connectivity index (χ4v) is 5.92. The van der Waals surface area contributed by atoms with E-state index in [2.05, 4.69) is 22.9 Å². The molecule has 0 spiro atoms. The summed E-state index contributed by atoms with van der Waals surface area (Å²) < 4.78 is 0.878. The number of likely N-dealkylation sites (tertiary alicyclic amines) is 1. The van der Waals surface area contributed by atoms with Crippen molar-refractivity contribution in [2.75, 3.05) is 25.5 Å². The number of hydrogen-bond donors (Lipinski definition) is 1. The van der Waals surface area contributed by atoms with Gasteiger partial charge in [0.15, 0.2) is 0 Å². The summed E-state index contributed by atoms with van der Waals surface area (Å²) in [6.45, 7) is 2.76. The molecule has 6 heteroatoms. The quantitative estimate of drug-likeness (QED) is 0.0776. The van der Waals surface area contributed by atoms with Crippen molar-refractivity contribution in [3.8, 4) is 0 Å². The van der Waals surface area contributed by atoms with Crippen LogP contribution in [0.1, 0.15) is 114 Å². The van der Waals surface area contributed by atoms with Crippen molar-refractivity contribution in [1.29, 1.82) is 0 Å². The number of aliphatic hydroxyl groups excluding tert-OH is 1. The molecule has 0 radical (unpaired) electrons. The van der Waals surface area contributed by atoms with Gasteiger partial charge in [0, 0.05) is 36.4 Å². The number of unbranched alkanes of at least 4 members (excludes halogenated alkanes) is 13. The molecule has 1 fully saturated rings. The van der Waals surface area contributed by atoms with Gasteiger partial charge in [0.1, 0.15) is 5.76 Å². The zero-order valence-corrected chi connectivity index (χ0v) is 26.9. The van der Waals surface area contributed by atoms with E-state index in [9.17, 15) is 14.7 Å². The first-order valence-corrected chi connectivity index (χ1v) is 16.5. The maximum Gasteiger partial charge on any atom is 0.295 e. The summed E-state index contributed by atoms with van der Waals surface area (Å²) in [5.41, 5.74) is 2.56. The van der Waals surface area contributed by atoms with Crippen molar-refractivity contribution in [3.05, 3.63) is 69.7 Å². The molecular formula is C35H49BrN2O3. The minimum absolute atomic E-state index is 0.124. The minimum Gasteiger partial charge on any atom is -0.507 e. The van der Waals surface area contributed by atoms with Crippen LogP contribution in [0.25, 0.3) is 5.76 Å². The van der Waals surface area contributed by atoms with E-state index in [4.69, 9.17) is 0 Å².